The highest BCUT2D eigenvalue weighted by Gasteiger charge is 2.35. The number of nitrogens with zero attached hydrogens (tertiary/aromatic N) is 2. The molecule has 1 aromatic carbocycles. The number of carbonyl (C=O) groups is 1. The number of piperidine rings is 1. The molecule has 1 aromatic rings. The number of hydrogen-bond acceptors (Lipinski definition) is 5. The lowest BCUT2D eigenvalue weighted by Gasteiger charge is -2.39. The van der Waals surface area contributed by atoms with Crippen molar-refractivity contribution in [2.45, 2.75) is 31.3 Å². The minimum absolute atomic E-state index is 0.124. The van der Waals surface area contributed by atoms with Gasteiger partial charge in [-0.15, -0.1) is 0 Å². The Balaban J connectivity index is 2.20. The van der Waals surface area contributed by atoms with E-state index < -0.39 is 40.6 Å². The summed E-state index contributed by atoms with van der Waals surface area (Å²) in [5.41, 5.74) is -2.04. The minimum atomic E-state index is -2.87. The second-order valence-electron chi connectivity index (χ2n) is 5.58. The van der Waals surface area contributed by atoms with Crippen LogP contribution in [0, 0.1) is 10.1 Å². The van der Waals surface area contributed by atoms with Gasteiger partial charge >= 0.3 is 5.97 Å². The molecule has 2 rings (SSSR count). The summed E-state index contributed by atoms with van der Waals surface area (Å²) >= 11 is 0. The van der Waals surface area contributed by atoms with Crippen molar-refractivity contribution in [3.8, 4) is 0 Å². The van der Waals surface area contributed by atoms with Gasteiger partial charge in [0, 0.05) is 36.5 Å². The van der Waals surface area contributed by atoms with Crippen LogP contribution in [0.3, 0.4) is 0 Å². The summed E-state index contributed by atoms with van der Waals surface area (Å²) in [6.07, 6.45) is -3.02. The number of anilines is 1. The number of benzene rings is 1. The molecule has 2 N–H and O–H groups in total. The zero-order valence-corrected chi connectivity index (χ0v) is 12.1. The number of hydrogen-bond donors (Lipinski definition) is 2. The molecule has 126 valence electrons. The van der Waals surface area contributed by atoms with Crippen LogP contribution >= 0.6 is 0 Å². The van der Waals surface area contributed by atoms with Crippen molar-refractivity contribution in [2.75, 3.05) is 18.0 Å². The molecule has 0 aromatic heterocycles. The van der Waals surface area contributed by atoms with Gasteiger partial charge in [0.1, 0.15) is 0 Å². The number of aliphatic hydroxyl groups is 1. The Morgan fingerprint density at radius 2 is 2.00 bits per heavy atom. The quantitative estimate of drug-likeness (QED) is 0.634. The molecule has 0 amide bonds. The zero-order chi connectivity index (χ0) is 17.2. The third kappa shape index (κ3) is 3.92. The van der Waals surface area contributed by atoms with E-state index in [1.54, 1.807) is 4.90 Å². The second kappa shape index (κ2) is 6.45. The van der Waals surface area contributed by atoms with Gasteiger partial charge in [-0.25, -0.2) is 8.78 Å². The molecule has 0 saturated carbocycles. The summed E-state index contributed by atoms with van der Waals surface area (Å²) < 4.78 is 26.3. The summed E-state index contributed by atoms with van der Waals surface area (Å²) in [5, 5.41) is 29.6. The number of rotatable bonds is 5. The maximum Gasteiger partial charge on any atom is 0.306 e. The van der Waals surface area contributed by atoms with E-state index in [0.29, 0.717) is 0 Å². The predicted molar refractivity (Wildman–Crippen MR) is 76.7 cm³/mol. The smallest absolute Gasteiger partial charge is 0.306 e. The van der Waals surface area contributed by atoms with Crippen LogP contribution in [0.1, 0.15) is 31.3 Å². The zero-order valence-electron chi connectivity index (χ0n) is 12.1. The first-order valence-corrected chi connectivity index (χ1v) is 6.97. The second-order valence-corrected chi connectivity index (χ2v) is 5.58. The lowest BCUT2D eigenvalue weighted by atomic mass is 9.88. The summed E-state index contributed by atoms with van der Waals surface area (Å²) in [6, 6.07) is 3.26. The van der Waals surface area contributed by atoms with Crippen LogP contribution in [-0.2, 0) is 4.79 Å². The van der Waals surface area contributed by atoms with E-state index in [9.17, 15) is 28.8 Å². The maximum absolute atomic E-state index is 13.2. The topological polar surface area (TPSA) is 104 Å². The monoisotopic (exact) mass is 330 g/mol. The fraction of sp³-hybridized carbons (Fsp3) is 0.500. The van der Waals surface area contributed by atoms with Crippen LogP contribution in [-0.4, -0.2) is 39.8 Å². The van der Waals surface area contributed by atoms with Crippen molar-refractivity contribution >= 4 is 17.3 Å². The van der Waals surface area contributed by atoms with Crippen LogP contribution in [0.5, 0.6) is 0 Å². The van der Waals surface area contributed by atoms with E-state index in [0.717, 1.165) is 12.1 Å². The van der Waals surface area contributed by atoms with E-state index >= 15 is 0 Å². The highest BCUT2D eigenvalue weighted by Crippen LogP contribution is 2.36. The highest BCUT2D eigenvalue weighted by molar-refractivity contribution is 5.68. The van der Waals surface area contributed by atoms with Gasteiger partial charge in [0.15, 0.2) is 0 Å². The number of nitro groups is 1. The van der Waals surface area contributed by atoms with Crippen LogP contribution in [0.4, 0.5) is 20.2 Å². The summed E-state index contributed by atoms with van der Waals surface area (Å²) in [5.74, 6) is -1.12. The number of alkyl halides is 2. The van der Waals surface area contributed by atoms with Gasteiger partial charge < -0.3 is 15.1 Å². The molecule has 1 aliphatic heterocycles. The Kier molecular flexibility index (Phi) is 4.79. The molecule has 0 atom stereocenters. The summed E-state index contributed by atoms with van der Waals surface area (Å²) in [4.78, 5) is 22.3. The summed E-state index contributed by atoms with van der Waals surface area (Å²) in [7, 11) is 0. The Hall–Kier alpha value is -2.29. The molecule has 0 radical (unpaired) electrons. The first-order chi connectivity index (χ1) is 10.7. The van der Waals surface area contributed by atoms with Crippen LogP contribution in [0.15, 0.2) is 18.2 Å². The molecular weight excluding hydrogens is 314 g/mol. The van der Waals surface area contributed by atoms with Crippen LogP contribution < -0.4 is 4.90 Å². The van der Waals surface area contributed by atoms with Crippen molar-refractivity contribution in [3.05, 3.63) is 33.9 Å². The van der Waals surface area contributed by atoms with Gasteiger partial charge in [0.25, 0.3) is 12.1 Å². The van der Waals surface area contributed by atoms with Crippen molar-refractivity contribution in [1.82, 2.24) is 0 Å². The lowest BCUT2D eigenvalue weighted by molar-refractivity contribution is -0.385. The molecule has 9 heteroatoms. The van der Waals surface area contributed by atoms with Crippen molar-refractivity contribution in [2.24, 2.45) is 0 Å². The fourth-order valence-corrected chi connectivity index (χ4v) is 2.74. The molecule has 1 heterocycles. The number of nitro benzene ring substituents is 1. The maximum atomic E-state index is 13.2. The largest absolute Gasteiger partial charge is 0.481 e. The molecule has 7 nitrogen and oxygen atoms in total. The third-order valence-corrected chi connectivity index (χ3v) is 3.97. The Bertz CT molecular complexity index is 615. The number of aliphatic carboxylic acids is 1. The molecule has 0 aliphatic carbocycles. The lowest BCUT2D eigenvalue weighted by Crippen LogP contribution is -2.45. The molecule has 0 bridgehead atoms. The highest BCUT2D eigenvalue weighted by atomic mass is 19.3. The van der Waals surface area contributed by atoms with E-state index in [1.165, 1.54) is 6.07 Å². The van der Waals surface area contributed by atoms with Crippen molar-refractivity contribution in [3.63, 3.8) is 0 Å². The standard InChI is InChI=1S/C14H16F2N2O5/c15-13(16)10-7-9(18(22)23)1-2-11(10)17-5-3-14(21,4-6-17)8-12(19)20/h1-2,7,13,21H,3-6,8H2,(H,19,20). The Morgan fingerprint density at radius 1 is 1.39 bits per heavy atom. The molecule has 0 spiro atoms. The van der Waals surface area contributed by atoms with Gasteiger partial charge in [0.05, 0.1) is 16.9 Å². The molecule has 1 aliphatic rings. The molecule has 1 fully saturated rings. The van der Waals surface area contributed by atoms with Gasteiger partial charge in [-0.3, -0.25) is 14.9 Å². The SMILES string of the molecule is O=C(O)CC1(O)CCN(c2ccc([N+](=O)[O-])cc2C(F)F)CC1. The van der Waals surface area contributed by atoms with Crippen LogP contribution in [0.25, 0.3) is 0 Å². The fourth-order valence-electron chi connectivity index (χ4n) is 2.74. The number of halogens is 2. The molecule has 0 unspecified atom stereocenters. The first kappa shape index (κ1) is 17.1. The normalized spacial score (nSPS) is 17.3. The van der Waals surface area contributed by atoms with E-state index in [-0.39, 0.29) is 31.6 Å². The minimum Gasteiger partial charge on any atom is -0.481 e. The average Bonchev–Trinajstić information content (AvgIpc) is 2.46. The number of carboxylic acid groups (broad SMARTS) is 1. The molecule has 1 saturated heterocycles. The van der Waals surface area contributed by atoms with Crippen molar-refractivity contribution in [1.29, 1.82) is 0 Å². The first-order valence-electron chi connectivity index (χ1n) is 6.97. The average molecular weight is 330 g/mol. The van der Waals surface area contributed by atoms with Gasteiger partial charge in [-0.1, -0.05) is 0 Å². The summed E-state index contributed by atoms with van der Waals surface area (Å²) in [6.45, 7) is 0.391. The third-order valence-electron chi connectivity index (χ3n) is 3.97. The molecular formula is C14H16F2N2O5. The van der Waals surface area contributed by atoms with Gasteiger partial charge in [0.2, 0.25) is 0 Å². The Morgan fingerprint density at radius 3 is 2.48 bits per heavy atom. The van der Waals surface area contributed by atoms with Gasteiger partial charge in [-0.05, 0) is 18.9 Å². The molecule has 23 heavy (non-hydrogen) atoms. The van der Waals surface area contributed by atoms with E-state index in [1.807, 2.05) is 0 Å². The number of carboxylic acids is 1. The predicted octanol–water partition coefficient (Wildman–Crippen LogP) is 2.34. The van der Waals surface area contributed by atoms with E-state index in [4.69, 9.17) is 5.11 Å². The Labute approximate surface area is 130 Å². The number of non-ortho nitro benzene ring substituents is 1. The van der Waals surface area contributed by atoms with Gasteiger partial charge in [-0.2, -0.15) is 0 Å². The van der Waals surface area contributed by atoms with E-state index in [2.05, 4.69) is 0 Å². The van der Waals surface area contributed by atoms with Crippen LogP contribution in [0.2, 0.25) is 0 Å². The van der Waals surface area contributed by atoms with Crippen molar-refractivity contribution < 1.29 is 28.7 Å².